The van der Waals surface area contributed by atoms with Gasteiger partial charge in [0, 0.05) is 13.2 Å². The van der Waals surface area contributed by atoms with Crippen LogP contribution in [0.1, 0.15) is 24.3 Å². The van der Waals surface area contributed by atoms with Crippen molar-refractivity contribution < 1.29 is 4.74 Å². The van der Waals surface area contributed by atoms with Crippen molar-refractivity contribution in [3.8, 4) is 0 Å². The van der Waals surface area contributed by atoms with Gasteiger partial charge >= 0.3 is 0 Å². The maximum absolute atomic E-state index is 5.29. The van der Waals surface area contributed by atoms with Crippen LogP contribution in [0.2, 0.25) is 0 Å². The van der Waals surface area contributed by atoms with Gasteiger partial charge in [-0.05, 0) is 37.9 Å². The number of likely N-dealkylation sites (N-methyl/N-ethyl adjacent to an activating group) is 1. The van der Waals surface area contributed by atoms with Gasteiger partial charge in [0.05, 0.1) is 6.61 Å². The molecule has 2 nitrogen and oxygen atoms in total. The SMILES string of the molecule is COCC1CC(c2ccccc2)CCN1C.Cl. The number of halogens is 1. The molecule has 0 amide bonds. The van der Waals surface area contributed by atoms with E-state index in [4.69, 9.17) is 4.74 Å². The number of methoxy groups -OCH3 is 1. The quantitative estimate of drug-likeness (QED) is 0.824. The summed E-state index contributed by atoms with van der Waals surface area (Å²) in [5, 5.41) is 0. The monoisotopic (exact) mass is 255 g/mol. The van der Waals surface area contributed by atoms with E-state index in [0.717, 1.165) is 6.61 Å². The molecule has 96 valence electrons. The number of hydrogen-bond donors (Lipinski definition) is 0. The lowest BCUT2D eigenvalue weighted by Gasteiger charge is -2.37. The van der Waals surface area contributed by atoms with Crippen LogP contribution in [-0.2, 0) is 4.74 Å². The van der Waals surface area contributed by atoms with Crippen LogP contribution in [0.15, 0.2) is 30.3 Å². The molecule has 1 aliphatic heterocycles. The second kappa shape index (κ2) is 7.00. The Balaban J connectivity index is 0.00000144. The average Bonchev–Trinajstić information content (AvgIpc) is 2.33. The second-order valence-corrected chi connectivity index (χ2v) is 4.72. The number of rotatable bonds is 3. The Labute approximate surface area is 110 Å². The van der Waals surface area contributed by atoms with E-state index in [2.05, 4.69) is 42.3 Å². The van der Waals surface area contributed by atoms with Crippen molar-refractivity contribution in [2.75, 3.05) is 27.3 Å². The molecule has 0 N–H and O–H groups in total. The Bertz CT molecular complexity index is 317. The molecule has 0 aromatic heterocycles. The van der Waals surface area contributed by atoms with Gasteiger partial charge in [0.1, 0.15) is 0 Å². The van der Waals surface area contributed by atoms with Gasteiger partial charge in [0.2, 0.25) is 0 Å². The van der Waals surface area contributed by atoms with Gasteiger partial charge in [-0.3, -0.25) is 0 Å². The van der Waals surface area contributed by atoms with Crippen LogP contribution in [0.5, 0.6) is 0 Å². The molecular formula is C14H22ClNO. The maximum Gasteiger partial charge on any atom is 0.0618 e. The number of ether oxygens (including phenoxy) is 1. The third-order valence-corrected chi connectivity index (χ3v) is 3.64. The van der Waals surface area contributed by atoms with Gasteiger partial charge in [-0.15, -0.1) is 12.4 Å². The lowest BCUT2D eigenvalue weighted by molar-refractivity contribution is 0.0751. The zero-order valence-corrected chi connectivity index (χ0v) is 11.5. The molecule has 2 atom stereocenters. The molecule has 3 heteroatoms. The molecule has 1 aromatic carbocycles. The number of nitrogens with zero attached hydrogens (tertiary/aromatic N) is 1. The van der Waals surface area contributed by atoms with E-state index >= 15 is 0 Å². The Morgan fingerprint density at radius 2 is 2.00 bits per heavy atom. The van der Waals surface area contributed by atoms with E-state index < -0.39 is 0 Å². The molecule has 1 aliphatic rings. The molecule has 1 heterocycles. The molecule has 0 spiro atoms. The van der Waals surface area contributed by atoms with E-state index in [-0.39, 0.29) is 12.4 Å². The highest BCUT2D eigenvalue weighted by atomic mass is 35.5. The first-order valence-electron chi connectivity index (χ1n) is 6.05. The van der Waals surface area contributed by atoms with Gasteiger partial charge in [0.25, 0.3) is 0 Å². The highest BCUT2D eigenvalue weighted by Crippen LogP contribution is 2.30. The first kappa shape index (κ1) is 14.5. The fraction of sp³-hybridized carbons (Fsp3) is 0.571. The van der Waals surface area contributed by atoms with Gasteiger partial charge in [-0.25, -0.2) is 0 Å². The van der Waals surface area contributed by atoms with Crippen LogP contribution >= 0.6 is 12.4 Å². The number of benzene rings is 1. The molecule has 17 heavy (non-hydrogen) atoms. The largest absolute Gasteiger partial charge is 0.383 e. The maximum atomic E-state index is 5.29. The summed E-state index contributed by atoms with van der Waals surface area (Å²) in [5.74, 6) is 0.706. The third kappa shape index (κ3) is 3.70. The molecule has 0 radical (unpaired) electrons. The van der Waals surface area contributed by atoms with Crippen molar-refractivity contribution in [3.63, 3.8) is 0 Å². The summed E-state index contributed by atoms with van der Waals surface area (Å²) in [7, 11) is 3.99. The standard InChI is InChI=1S/C14H21NO.ClH/c1-15-9-8-13(10-14(15)11-16-2)12-6-4-3-5-7-12;/h3-7,13-14H,8-11H2,1-2H3;1H. The molecule has 1 aromatic rings. The van der Waals surface area contributed by atoms with Gasteiger partial charge in [-0.2, -0.15) is 0 Å². The van der Waals surface area contributed by atoms with Crippen molar-refractivity contribution in [1.29, 1.82) is 0 Å². The fourth-order valence-corrected chi connectivity index (χ4v) is 2.58. The van der Waals surface area contributed by atoms with Crippen LogP contribution in [0.4, 0.5) is 0 Å². The van der Waals surface area contributed by atoms with Crippen molar-refractivity contribution in [1.82, 2.24) is 4.90 Å². The second-order valence-electron chi connectivity index (χ2n) is 4.72. The van der Waals surface area contributed by atoms with Crippen LogP contribution in [0.25, 0.3) is 0 Å². The Hall–Kier alpha value is -0.570. The van der Waals surface area contributed by atoms with Crippen molar-refractivity contribution >= 4 is 12.4 Å². The first-order valence-corrected chi connectivity index (χ1v) is 6.05. The predicted molar refractivity (Wildman–Crippen MR) is 74.0 cm³/mol. The number of likely N-dealkylation sites (tertiary alicyclic amines) is 1. The van der Waals surface area contributed by atoms with Gasteiger partial charge in [-0.1, -0.05) is 30.3 Å². The third-order valence-electron chi connectivity index (χ3n) is 3.64. The Morgan fingerprint density at radius 1 is 1.29 bits per heavy atom. The van der Waals surface area contributed by atoms with Crippen molar-refractivity contribution in [2.24, 2.45) is 0 Å². The van der Waals surface area contributed by atoms with E-state index in [1.165, 1.54) is 24.9 Å². The Morgan fingerprint density at radius 3 is 2.65 bits per heavy atom. The molecule has 1 saturated heterocycles. The smallest absolute Gasteiger partial charge is 0.0618 e. The normalized spacial score (nSPS) is 25.3. The van der Waals surface area contributed by atoms with E-state index in [1.807, 2.05) is 0 Å². The fourth-order valence-electron chi connectivity index (χ4n) is 2.58. The summed E-state index contributed by atoms with van der Waals surface area (Å²) in [6.07, 6.45) is 2.48. The summed E-state index contributed by atoms with van der Waals surface area (Å²) in [5.41, 5.74) is 1.48. The molecule has 0 saturated carbocycles. The Kier molecular flexibility index (Phi) is 5.96. The van der Waals surface area contributed by atoms with Crippen molar-refractivity contribution in [2.45, 2.75) is 24.8 Å². The number of piperidine rings is 1. The zero-order chi connectivity index (χ0) is 11.4. The molecule has 1 fully saturated rings. The predicted octanol–water partition coefficient (Wildman–Crippen LogP) is 2.93. The number of hydrogen-bond acceptors (Lipinski definition) is 2. The minimum atomic E-state index is 0. The highest BCUT2D eigenvalue weighted by Gasteiger charge is 2.26. The summed E-state index contributed by atoms with van der Waals surface area (Å²) in [6.45, 7) is 2.02. The molecule has 2 unspecified atom stereocenters. The van der Waals surface area contributed by atoms with E-state index in [1.54, 1.807) is 7.11 Å². The van der Waals surface area contributed by atoms with Gasteiger partial charge < -0.3 is 9.64 Å². The van der Waals surface area contributed by atoms with Crippen molar-refractivity contribution in [3.05, 3.63) is 35.9 Å². The highest BCUT2D eigenvalue weighted by molar-refractivity contribution is 5.85. The minimum absolute atomic E-state index is 0. The van der Waals surface area contributed by atoms with Crippen LogP contribution < -0.4 is 0 Å². The van der Waals surface area contributed by atoms with Crippen LogP contribution in [-0.4, -0.2) is 38.3 Å². The molecule has 2 rings (SSSR count). The first-order chi connectivity index (χ1) is 7.81. The van der Waals surface area contributed by atoms with E-state index in [9.17, 15) is 0 Å². The van der Waals surface area contributed by atoms with Crippen LogP contribution in [0, 0.1) is 0 Å². The topological polar surface area (TPSA) is 12.5 Å². The summed E-state index contributed by atoms with van der Waals surface area (Å²) < 4.78 is 5.29. The minimum Gasteiger partial charge on any atom is -0.383 e. The summed E-state index contributed by atoms with van der Waals surface area (Å²) in [4.78, 5) is 2.42. The lowest BCUT2D eigenvalue weighted by Crippen LogP contribution is -2.41. The molecular weight excluding hydrogens is 234 g/mol. The average molecular weight is 256 g/mol. The summed E-state index contributed by atoms with van der Waals surface area (Å²) in [6, 6.07) is 11.4. The van der Waals surface area contributed by atoms with Gasteiger partial charge in [0.15, 0.2) is 0 Å². The molecule has 0 aliphatic carbocycles. The zero-order valence-electron chi connectivity index (χ0n) is 10.6. The lowest BCUT2D eigenvalue weighted by atomic mass is 9.86. The van der Waals surface area contributed by atoms with E-state index in [0.29, 0.717) is 12.0 Å². The summed E-state index contributed by atoms with van der Waals surface area (Å²) >= 11 is 0. The van der Waals surface area contributed by atoms with Crippen LogP contribution in [0.3, 0.4) is 0 Å². The molecule has 0 bridgehead atoms.